The molecule has 1 saturated heterocycles. The van der Waals surface area contributed by atoms with E-state index in [1.54, 1.807) is 0 Å². The predicted molar refractivity (Wildman–Crippen MR) is 95.4 cm³/mol. The molecule has 5 rings (SSSR count). The molecule has 28 heavy (non-hydrogen) atoms. The van der Waals surface area contributed by atoms with Crippen molar-refractivity contribution in [2.45, 2.75) is 37.1 Å². The molecule has 2 atom stereocenters. The van der Waals surface area contributed by atoms with E-state index in [4.69, 9.17) is 4.74 Å². The second-order valence-corrected chi connectivity index (χ2v) is 8.03. The lowest BCUT2D eigenvalue weighted by molar-refractivity contribution is 0.0124. The molecular formula is C20H21F2N3O3. The molecule has 1 amide bonds. The standard InChI is InChI=1S/C20H21F2N3O3/c21-12-1-2-16(15(22)9-12)25-18-13-7-11(13)8-14(18)17(24-25)19(27)23-20(10-26)3-5-28-6-4-20/h1-2,9,11,13,26H,3-8,10H2,(H,23,27)/t11-,13-/m1/s1. The summed E-state index contributed by atoms with van der Waals surface area (Å²) in [5.74, 6) is -1.00. The molecule has 0 radical (unpaired) electrons. The molecule has 0 spiro atoms. The number of aliphatic hydroxyl groups is 1. The summed E-state index contributed by atoms with van der Waals surface area (Å²) < 4.78 is 34.5. The average molecular weight is 389 g/mol. The van der Waals surface area contributed by atoms with Crippen LogP contribution in [0.5, 0.6) is 0 Å². The van der Waals surface area contributed by atoms with Crippen LogP contribution in [0.15, 0.2) is 18.2 Å². The molecule has 1 aromatic heterocycles. The number of carbonyl (C=O) groups excluding carboxylic acids is 1. The first kappa shape index (κ1) is 17.8. The van der Waals surface area contributed by atoms with Crippen LogP contribution in [-0.2, 0) is 11.2 Å². The number of carbonyl (C=O) groups is 1. The van der Waals surface area contributed by atoms with Crippen LogP contribution >= 0.6 is 0 Å². The molecule has 2 heterocycles. The van der Waals surface area contributed by atoms with E-state index in [0.717, 1.165) is 30.2 Å². The Bertz CT molecular complexity index is 952. The first-order chi connectivity index (χ1) is 13.5. The van der Waals surface area contributed by atoms with E-state index in [0.29, 0.717) is 32.0 Å². The van der Waals surface area contributed by atoms with Gasteiger partial charge in [-0.05, 0) is 43.7 Å². The van der Waals surface area contributed by atoms with Crippen molar-refractivity contribution in [3.05, 3.63) is 46.8 Å². The maximum atomic E-state index is 14.4. The number of benzene rings is 1. The van der Waals surface area contributed by atoms with Gasteiger partial charge in [0.25, 0.3) is 5.91 Å². The first-order valence-corrected chi connectivity index (χ1v) is 9.60. The average Bonchev–Trinajstić information content (AvgIpc) is 3.18. The van der Waals surface area contributed by atoms with Crippen LogP contribution in [0, 0.1) is 17.6 Å². The Morgan fingerprint density at radius 1 is 1.36 bits per heavy atom. The number of amides is 1. The van der Waals surface area contributed by atoms with Gasteiger partial charge in [0.05, 0.1) is 17.8 Å². The highest BCUT2D eigenvalue weighted by Gasteiger charge is 2.50. The number of ether oxygens (including phenoxy) is 1. The van der Waals surface area contributed by atoms with Crippen molar-refractivity contribution < 1.29 is 23.4 Å². The van der Waals surface area contributed by atoms with Crippen molar-refractivity contribution in [3.8, 4) is 5.69 Å². The van der Waals surface area contributed by atoms with Crippen LogP contribution in [0.3, 0.4) is 0 Å². The Morgan fingerprint density at radius 3 is 2.86 bits per heavy atom. The quantitative estimate of drug-likeness (QED) is 0.840. The van der Waals surface area contributed by atoms with Gasteiger partial charge < -0.3 is 15.2 Å². The molecule has 2 fully saturated rings. The highest BCUT2D eigenvalue weighted by molar-refractivity contribution is 5.95. The van der Waals surface area contributed by atoms with Crippen molar-refractivity contribution in [1.29, 1.82) is 0 Å². The fourth-order valence-corrected chi connectivity index (χ4v) is 4.52. The summed E-state index contributed by atoms with van der Waals surface area (Å²) in [5, 5.41) is 17.2. The minimum Gasteiger partial charge on any atom is -0.394 e. The van der Waals surface area contributed by atoms with Crippen LogP contribution < -0.4 is 5.32 Å². The number of hydrogen-bond acceptors (Lipinski definition) is 4. The minimum atomic E-state index is -0.728. The molecular weight excluding hydrogens is 368 g/mol. The molecule has 0 unspecified atom stereocenters. The van der Waals surface area contributed by atoms with Crippen LogP contribution in [0.1, 0.15) is 46.9 Å². The Balaban J connectivity index is 1.52. The lowest BCUT2D eigenvalue weighted by Gasteiger charge is -2.36. The van der Waals surface area contributed by atoms with E-state index in [1.807, 2.05) is 0 Å². The van der Waals surface area contributed by atoms with Gasteiger partial charge in [0.2, 0.25) is 0 Å². The van der Waals surface area contributed by atoms with Gasteiger partial charge in [-0.1, -0.05) is 0 Å². The summed E-state index contributed by atoms with van der Waals surface area (Å²) in [6.45, 7) is 0.763. The molecule has 1 saturated carbocycles. The largest absolute Gasteiger partial charge is 0.394 e. The van der Waals surface area contributed by atoms with Gasteiger partial charge in [0.15, 0.2) is 11.5 Å². The topological polar surface area (TPSA) is 76.4 Å². The minimum absolute atomic E-state index is 0.146. The van der Waals surface area contributed by atoms with Crippen LogP contribution in [-0.4, -0.2) is 46.2 Å². The fourth-order valence-electron chi connectivity index (χ4n) is 4.52. The predicted octanol–water partition coefficient (Wildman–Crippen LogP) is 2.08. The van der Waals surface area contributed by atoms with E-state index in [2.05, 4.69) is 10.4 Å². The normalized spacial score (nSPS) is 24.5. The van der Waals surface area contributed by atoms with Crippen molar-refractivity contribution >= 4 is 5.91 Å². The summed E-state index contributed by atoms with van der Waals surface area (Å²) >= 11 is 0. The van der Waals surface area contributed by atoms with E-state index < -0.39 is 17.2 Å². The van der Waals surface area contributed by atoms with E-state index >= 15 is 0 Å². The van der Waals surface area contributed by atoms with Gasteiger partial charge in [-0.2, -0.15) is 5.10 Å². The summed E-state index contributed by atoms with van der Waals surface area (Å²) in [6.07, 6.45) is 2.78. The lowest BCUT2D eigenvalue weighted by atomic mass is 9.90. The van der Waals surface area contributed by atoms with Gasteiger partial charge in [-0.3, -0.25) is 4.79 Å². The summed E-state index contributed by atoms with van der Waals surface area (Å²) in [5.41, 5.74) is 1.38. The molecule has 148 valence electrons. The molecule has 2 aromatic rings. The number of nitrogens with one attached hydrogen (secondary N) is 1. The van der Waals surface area contributed by atoms with Crippen molar-refractivity contribution in [2.75, 3.05) is 19.8 Å². The van der Waals surface area contributed by atoms with Crippen molar-refractivity contribution in [3.63, 3.8) is 0 Å². The maximum absolute atomic E-state index is 14.4. The lowest BCUT2D eigenvalue weighted by Crippen LogP contribution is -2.54. The summed E-state index contributed by atoms with van der Waals surface area (Å²) in [6, 6.07) is 3.36. The zero-order chi connectivity index (χ0) is 19.5. The second kappa shape index (κ2) is 6.35. The van der Waals surface area contributed by atoms with Gasteiger partial charge >= 0.3 is 0 Å². The smallest absolute Gasteiger partial charge is 0.272 e. The number of hydrogen-bond donors (Lipinski definition) is 2. The number of rotatable bonds is 4. The van der Waals surface area contributed by atoms with E-state index in [9.17, 15) is 18.7 Å². The molecule has 2 aliphatic carbocycles. The number of aromatic nitrogens is 2. The maximum Gasteiger partial charge on any atom is 0.272 e. The van der Waals surface area contributed by atoms with Gasteiger partial charge in [-0.25, -0.2) is 13.5 Å². The van der Waals surface area contributed by atoms with Crippen molar-refractivity contribution in [2.24, 2.45) is 5.92 Å². The van der Waals surface area contributed by atoms with Crippen LogP contribution in [0.2, 0.25) is 0 Å². The van der Waals surface area contributed by atoms with E-state index in [1.165, 1.54) is 16.8 Å². The Kier molecular flexibility index (Phi) is 4.03. The molecule has 3 aliphatic rings. The third-order valence-corrected chi connectivity index (χ3v) is 6.25. The molecule has 1 aromatic carbocycles. The fraction of sp³-hybridized carbons (Fsp3) is 0.500. The zero-order valence-corrected chi connectivity index (χ0v) is 15.3. The third kappa shape index (κ3) is 2.74. The number of halogens is 2. The third-order valence-electron chi connectivity index (χ3n) is 6.25. The zero-order valence-electron chi connectivity index (χ0n) is 15.3. The summed E-state index contributed by atoms with van der Waals surface area (Å²) in [4.78, 5) is 13.0. The van der Waals surface area contributed by atoms with Gasteiger partial charge in [-0.15, -0.1) is 0 Å². The second-order valence-electron chi connectivity index (χ2n) is 8.03. The summed E-state index contributed by atoms with van der Waals surface area (Å²) in [7, 11) is 0. The Labute approximate surface area is 160 Å². The van der Waals surface area contributed by atoms with Gasteiger partial charge in [0.1, 0.15) is 11.5 Å². The Hall–Kier alpha value is -2.32. The molecule has 1 aliphatic heterocycles. The van der Waals surface area contributed by atoms with Crippen molar-refractivity contribution in [1.82, 2.24) is 15.1 Å². The molecule has 0 bridgehead atoms. The molecule has 8 heteroatoms. The Morgan fingerprint density at radius 2 is 2.14 bits per heavy atom. The van der Waals surface area contributed by atoms with Crippen LogP contribution in [0.25, 0.3) is 5.69 Å². The highest BCUT2D eigenvalue weighted by atomic mass is 19.1. The number of aliphatic hydroxyl groups excluding tert-OH is 1. The van der Waals surface area contributed by atoms with E-state index in [-0.39, 0.29) is 29.8 Å². The molecule has 6 nitrogen and oxygen atoms in total. The van der Waals surface area contributed by atoms with Gasteiger partial charge in [0, 0.05) is 30.8 Å². The highest BCUT2D eigenvalue weighted by Crippen LogP contribution is 2.57. The SMILES string of the molecule is O=C(NC1(CO)CCOCC1)c1nn(-c2ccc(F)cc2F)c2c1C[C@H]1C[C@@H]21. The number of fused-ring (bicyclic) bond motifs is 3. The first-order valence-electron chi connectivity index (χ1n) is 9.60. The molecule has 2 N–H and O–H groups in total. The number of nitrogens with zero attached hydrogens (tertiary/aromatic N) is 2. The monoisotopic (exact) mass is 389 g/mol. The van der Waals surface area contributed by atoms with Crippen LogP contribution in [0.4, 0.5) is 8.78 Å².